The smallest absolute Gasteiger partial charge is 0.244 e. The largest absolute Gasteiger partial charge is 0.400 e. The van der Waals surface area contributed by atoms with Gasteiger partial charge in [0, 0.05) is 0 Å². The van der Waals surface area contributed by atoms with Crippen molar-refractivity contribution in [1.82, 2.24) is 0 Å². The summed E-state index contributed by atoms with van der Waals surface area (Å²) in [6.45, 7) is 20.6. The molecule has 0 aromatic carbocycles. The minimum Gasteiger partial charge on any atom is -0.244 e. The predicted molar refractivity (Wildman–Crippen MR) is 153 cm³/mol. The lowest BCUT2D eigenvalue weighted by molar-refractivity contribution is -0.300. The molecule has 2 aliphatic rings. The number of hydrogen-bond acceptors (Lipinski definition) is 0. The van der Waals surface area contributed by atoms with Crippen LogP contribution in [0.25, 0.3) is 0 Å². The van der Waals surface area contributed by atoms with Crippen LogP contribution in [0.15, 0.2) is 0 Å². The zero-order chi connectivity index (χ0) is 34.9. The second kappa shape index (κ2) is 17.2. The number of rotatable bonds is 7. The first-order valence-corrected chi connectivity index (χ1v) is 15.4. The lowest BCUT2D eigenvalue weighted by atomic mass is 9.68. The fraction of sp³-hybridized carbons (Fsp3) is 1.00. The van der Waals surface area contributed by atoms with Crippen LogP contribution in [0.4, 0.5) is 48.3 Å². The van der Waals surface area contributed by atoms with Crippen LogP contribution in [0.1, 0.15) is 122 Å². The average Bonchev–Trinajstić information content (AvgIpc) is 2.68. The molecule has 0 bridgehead atoms. The van der Waals surface area contributed by atoms with Crippen molar-refractivity contribution in [3.63, 3.8) is 0 Å². The molecule has 11 heteroatoms. The molecule has 43 heavy (non-hydrogen) atoms. The van der Waals surface area contributed by atoms with Crippen molar-refractivity contribution in [1.29, 1.82) is 0 Å². The van der Waals surface area contributed by atoms with E-state index < -0.39 is 53.5 Å². The summed E-state index contributed by atoms with van der Waals surface area (Å²) >= 11 is 0. The zero-order valence-corrected chi connectivity index (χ0v) is 28.1. The van der Waals surface area contributed by atoms with E-state index in [1.165, 1.54) is 27.2 Å². The highest BCUT2D eigenvalue weighted by Crippen LogP contribution is 2.46. The first-order valence-electron chi connectivity index (χ1n) is 15.4. The van der Waals surface area contributed by atoms with E-state index >= 15 is 0 Å². The molecule has 0 saturated heterocycles. The van der Waals surface area contributed by atoms with E-state index in [-0.39, 0.29) is 12.3 Å². The first kappa shape index (κ1) is 44.4. The van der Waals surface area contributed by atoms with E-state index in [1.807, 2.05) is 0 Å². The van der Waals surface area contributed by atoms with Crippen LogP contribution in [0, 0.1) is 53.3 Å². The molecule has 0 radical (unpaired) electrons. The van der Waals surface area contributed by atoms with Crippen LogP contribution in [-0.2, 0) is 0 Å². The quantitative estimate of drug-likeness (QED) is 0.241. The molecule has 2 aliphatic carbocycles. The zero-order valence-electron chi connectivity index (χ0n) is 28.1. The SMILES string of the molecule is CC(C)C(C)C(C(F)(F)F)C(F)(F)F.CC(C)C1CC(C)(F)C1.CC(C)CC(C)C(F)(F)F.CC(C)CC1CC(C)(F)C1. The molecule has 0 aromatic heterocycles. The van der Waals surface area contributed by atoms with Crippen molar-refractivity contribution < 1.29 is 48.3 Å². The monoisotopic (exact) mass is 650 g/mol. The van der Waals surface area contributed by atoms with Gasteiger partial charge in [0.2, 0.25) is 0 Å². The number of hydrogen-bond donors (Lipinski definition) is 0. The van der Waals surface area contributed by atoms with Crippen molar-refractivity contribution in [3.8, 4) is 0 Å². The maximum atomic E-state index is 12.9. The lowest BCUT2D eigenvalue weighted by Crippen LogP contribution is -2.42. The Bertz CT molecular complexity index is 711. The van der Waals surface area contributed by atoms with Gasteiger partial charge in [-0.15, -0.1) is 0 Å². The Morgan fingerprint density at radius 1 is 0.581 bits per heavy atom. The Labute approximate surface area is 253 Å². The third kappa shape index (κ3) is 19.4. The van der Waals surface area contributed by atoms with Gasteiger partial charge in [0.15, 0.2) is 5.92 Å². The van der Waals surface area contributed by atoms with Crippen LogP contribution in [0.3, 0.4) is 0 Å². The van der Waals surface area contributed by atoms with Gasteiger partial charge in [-0.25, -0.2) is 8.78 Å². The van der Waals surface area contributed by atoms with Gasteiger partial charge >= 0.3 is 18.5 Å². The maximum absolute atomic E-state index is 12.9. The van der Waals surface area contributed by atoms with E-state index in [4.69, 9.17) is 0 Å². The highest BCUT2D eigenvalue weighted by atomic mass is 19.4. The van der Waals surface area contributed by atoms with Crippen LogP contribution < -0.4 is 0 Å². The first-order chi connectivity index (χ1) is 18.8. The Kier molecular flexibility index (Phi) is 17.8. The minimum atomic E-state index is -5.22. The standard InChI is InChI=1S/C9H17F.C8H12F6.C8H15F.C7H13F3/c1-7(2)4-8-5-9(3,10)6-8;1-4(2)5(3)6(7(9,10)11)8(12,13)14;1-6(2)7-4-8(3,9)5-7;1-5(2)4-6(3)7(8,9)10/h7-8H,4-6H2,1-3H3;4-6H,1-3H3;6-7H,4-5H2,1-3H3;5-6H,4H2,1-3H3. The highest BCUT2D eigenvalue weighted by Gasteiger charge is 2.59. The number of halogens is 11. The summed E-state index contributed by atoms with van der Waals surface area (Å²) in [5.41, 5.74) is -1.64. The Morgan fingerprint density at radius 3 is 1.09 bits per heavy atom. The van der Waals surface area contributed by atoms with Gasteiger partial charge in [0.1, 0.15) is 11.3 Å². The van der Waals surface area contributed by atoms with Crippen LogP contribution in [0.5, 0.6) is 0 Å². The van der Waals surface area contributed by atoms with Gasteiger partial charge in [-0.1, -0.05) is 69.2 Å². The molecule has 2 atom stereocenters. The molecule has 2 rings (SSSR count). The summed E-state index contributed by atoms with van der Waals surface area (Å²) in [4.78, 5) is 0. The molecule has 0 heterocycles. The Hall–Kier alpha value is -0.770. The Morgan fingerprint density at radius 2 is 0.953 bits per heavy atom. The van der Waals surface area contributed by atoms with E-state index in [2.05, 4.69) is 27.7 Å². The van der Waals surface area contributed by atoms with Gasteiger partial charge < -0.3 is 0 Å². The van der Waals surface area contributed by atoms with Gasteiger partial charge in [-0.05, 0) is 93.8 Å². The van der Waals surface area contributed by atoms with Crippen molar-refractivity contribution in [2.24, 2.45) is 53.3 Å². The molecule has 0 amide bonds. The lowest BCUT2D eigenvalue weighted by Gasteiger charge is -2.41. The van der Waals surface area contributed by atoms with Crippen molar-refractivity contribution >= 4 is 0 Å². The molecule has 0 spiro atoms. The normalized spacial score (nSPS) is 27.3. The predicted octanol–water partition coefficient (Wildman–Crippen LogP) is 13.2. The molecule has 2 unspecified atom stereocenters. The van der Waals surface area contributed by atoms with Crippen molar-refractivity contribution in [3.05, 3.63) is 0 Å². The summed E-state index contributed by atoms with van der Waals surface area (Å²) in [6.07, 6.45) is -9.86. The number of alkyl halides is 11. The van der Waals surface area contributed by atoms with Crippen LogP contribution in [-0.4, -0.2) is 29.9 Å². The summed E-state index contributed by atoms with van der Waals surface area (Å²) < 4.78 is 134. The average molecular weight is 651 g/mol. The molecule has 0 aliphatic heterocycles. The summed E-state index contributed by atoms with van der Waals surface area (Å²) in [5, 5.41) is 0. The fourth-order valence-electron chi connectivity index (χ4n) is 5.49. The molecule has 0 nitrogen and oxygen atoms in total. The third-order valence-corrected chi connectivity index (χ3v) is 8.22. The second-order valence-corrected chi connectivity index (χ2v) is 14.9. The molecule has 0 N–H and O–H groups in total. The Balaban J connectivity index is 0. The van der Waals surface area contributed by atoms with Gasteiger partial charge in [0.25, 0.3) is 0 Å². The van der Waals surface area contributed by atoms with Gasteiger partial charge in [-0.3, -0.25) is 0 Å². The van der Waals surface area contributed by atoms with E-state index in [0.29, 0.717) is 17.8 Å². The van der Waals surface area contributed by atoms with Crippen molar-refractivity contribution in [2.75, 3.05) is 0 Å². The van der Waals surface area contributed by atoms with Gasteiger partial charge in [-0.2, -0.15) is 39.5 Å². The third-order valence-electron chi connectivity index (χ3n) is 8.22. The fourth-order valence-corrected chi connectivity index (χ4v) is 5.49. The molecular formula is C32H57F11. The molecule has 2 fully saturated rings. The second-order valence-electron chi connectivity index (χ2n) is 14.9. The molecule has 262 valence electrons. The molecule has 2 saturated carbocycles. The van der Waals surface area contributed by atoms with Gasteiger partial charge in [0.05, 0.1) is 5.92 Å². The van der Waals surface area contributed by atoms with E-state index in [9.17, 15) is 48.3 Å². The minimum absolute atomic E-state index is 0.122. The van der Waals surface area contributed by atoms with Crippen molar-refractivity contribution in [2.45, 2.75) is 151 Å². The topological polar surface area (TPSA) is 0 Å². The summed E-state index contributed by atoms with van der Waals surface area (Å²) in [5.74, 6) is -3.65. The van der Waals surface area contributed by atoms with Crippen LogP contribution in [0.2, 0.25) is 0 Å². The van der Waals surface area contributed by atoms with E-state index in [0.717, 1.165) is 38.5 Å². The molecule has 0 aromatic rings. The summed E-state index contributed by atoms with van der Waals surface area (Å²) in [7, 11) is 0. The maximum Gasteiger partial charge on any atom is 0.400 e. The van der Waals surface area contributed by atoms with Crippen LogP contribution >= 0.6 is 0 Å². The molecular weight excluding hydrogens is 593 g/mol. The summed E-state index contributed by atoms with van der Waals surface area (Å²) in [6, 6.07) is 0. The highest BCUT2D eigenvalue weighted by molar-refractivity contribution is 4.92. The van der Waals surface area contributed by atoms with E-state index in [1.54, 1.807) is 27.7 Å².